The highest BCUT2D eigenvalue weighted by Gasteiger charge is 2.31. The Hall–Kier alpha value is -2.58. The Morgan fingerprint density at radius 1 is 1.04 bits per heavy atom. The largest absolute Gasteiger partial charge is 0.481 e. The predicted octanol–water partition coefficient (Wildman–Crippen LogP) is 2.58. The number of carbonyl (C=O) groups is 3. The van der Waals surface area contributed by atoms with Gasteiger partial charge < -0.3 is 15.7 Å². The van der Waals surface area contributed by atoms with Gasteiger partial charge in [-0.2, -0.15) is 13.2 Å². The molecular weight excluding hydrogens is 365 g/mol. The average molecular weight is 386 g/mol. The zero-order valence-electron chi connectivity index (χ0n) is 14.5. The number of aliphatic carboxylic acids is 1. The lowest BCUT2D eigenvalue weighted by molar-refractivity contribution is -0.143. The number of rotatable bonds is 5. The molecule has 0 unspecified atom stereocenters. The zero-order chi connectivity index (χ0) is 20.0. The quantitative estimate of drug-likeness (QED) is 0.678. The summed E-state index contributed by atoms with van der Waals surface area (Å²) in [7, 11) is 0. The SMILES string of the molecule is O=C(CNC(=O)c1ccc(C(F)(F)F)cc1)N[C@H]1CCCCC[C@H]1C(=O)O. The highest BCUT2D eigenvalue weighted by molar-refractivity contribution is 5.96. The van der Waals surface area contributed by atoms with Crippen LogP contribution in [0, 0.1) is 5.92 Å². The predicted molar refractivity (Wildman–Crippen MR) is 89.9 cm³/mol. The first-order valence-electron chi connectivity index (χ1n) is 8.66. The minimum absolute atomic E-state index is 0.00585. The zero-order valence-corrected chi connectivity index (χ0v) is 14.5. The van der Waals surface area contributed by atoms with E-state index in [1.54, 1.807) is 0 Å². The van der Waals surface area contributed by atoms with Crippen LogP contribution in [0.25, 0.3) is 0 Å². The number of halogens is 3. The Balaban J connectivity index is 1.88. The van der Waals surface area contributed by atoms with Crippen molar-refractivity contribution in [2.24, 2.45) is 5.92 Å². The van der Waals surface area contributed by atoms with Crippen molar-refractivity contribution in [1.82, 2.24) is 10.6 Å². The third-order valence-corrected chi connectivity index (χ3v) is 4.56. The number of hydrogen-bond donors (Lipinski definition) is 3. The van der Waals surface area contributed by atoms with Crippen LogP contribution in [0.1, 0.15) is 48.0 Å². The van der Waals surface area contributed by atoms with E-state index in [0.29, 0.717) is 12.8 Å². The summed E-state index contributed by atoms with van der Waals surface area (Å²) in [6.07, 6.45) is -0.955. The van der Waals surface area contributed by atoms with Gasteiger partial charge in [0.2, 0.25) is 5.91 Å². The highest BCUT2D eigenvalue weighted by Crippen LogP contribution is 2.29. The molecule has 0 bridgehead atoms. The molecule has 1 aliphatic rings. The van der Waals surface area contributed by atoms with Gasteiger partial charge in [0.25, 0.3) is 5.91 Å². The molecule has 9 heteroatoms. The summed E-state index contributed by atoms with van der Waals surface area (Å²) in [5.41, 5.74) is -0.876. The minimum atomic E-state index is -4.49. The Bertz CT molecular complexity index is 689. The first-order valence-corrected chi connectivity index (χ1v) is 8.66. The third kappa shape index (κ3) is 5.97. The van der Waals surface area contributed by atoms with Gasteiger partial charge in [0.05, 0.1) is 18.0 Å². The summed E-state index contributed by atoms with van der Waals surface area (Å²) in [6, 6.07) is 3.14. The molecular formula is C18H21F3N2O4. The number of benzene rings is 1. The van der Waals surface area contributed by atoms with Crippen molar-refractivity contribution in [3.63, 3.8) is 0 Å². The van der Waals surface area contributed by atoms with E-state index in [0.717, 1.165) is 43.5 Å². The first kappa shape index (κ1) is 20.7. The molecule has 1 fully saturated rings. The van der Waals surface area contributed by atoms with Gasteiger partial charge in [-0.05, 0) is 37.1 Å². The summed E-state index contributed by atoms with van der Waals surface area (Å²) in [5.74, 6) is -2.85. The molecule has 0 spiro atoms. The Kier molecular flexibility index (Phi) is 6.81. The molecule has 1 aromatic rings. The highest BCUT2D eigenvalue weighted by atomic mass is 19.4. The van der Waals surface area contributed by atoms with Crippen LogP contribution >= 0.6 is 0 Å². The maximum atomic E-state index is 12.5. The van der Waals surface area contributed by atoms with Crippen molar-refractivity contribution in [2.45, 2.75) is 44.3 Å². The molecule has 2 amide bonds. The van der Waals surface area contributed by atoms with E-state index in [1.165, 1.54) is 0 Å². The number of amides is 2. The Labute approximate surface area is 154 Å². The van der Waals surface area contributed by atoms with Gasteiger partial charge in [-0.15, -0.1) is 0 Å². The maximum Gasteiger partial charge on any atom is 0.416 e. The molecule has 0 saturated heterocycles. The van der Waals surface area contributed by atoms with Crippen molar-refractivity contribution < 1.29 is 32.7 Å². The molecule has 0 aromatic heterocycles. The van der Waals surface area contributed by atoms with Crippen LogP contribution in [0.4, 0.5) is 13.2 Å². The van der Waals surface area contributed by atoms with Crippen molar-refractivity contribution >= 4 is 17.8 Å². The molecule has 0 radical (unpaired) electrons. The molecule has 27 heavy (non-hydrogen) atoms. The lowest BCUT2D eigenvalue weighted by Crippen LogP contribution is -2.46. The lowest BCUT2D eigenvalue weighted by atomic mass is 9.95. The lowest BCUT2D eigenvalue weighted by Gasteiger charge is -2.23. The average Bonchev–Trinajstić information content (AvgIpc) is 2.84. The standard InChI is InChI=1S/C18H21F3N2O4/c19-18(20,21)12-8-6-11(7-9-12)16(25)22-10-15(24)23-14-5-3-1-2-4-13(14)17(26)27/h6-9,13-14H,1-5,10H2,(H,22,25)(H,23,24)(H,26,27)/t13-,14+/m1/s1. The van der Waals surface area contributed by atoms with E-state index in [4.69, 9.17) is 0 Å². The number of alkyl halides is 3. The van der Waals surface area contributed by atoms with Crippen molar-refractivity contribution in [3.05, 3.63) is 35.4 Å². The number of hydrogen-bond acceptors (Lipinski definition) is 3. The Morgan fingerprint density at radius 2 is 1.67 bits per heavy atom. The molecule has 1 aromatic carbocycles. The topological polar surface area (TPSA) is 95.5 Å². The van der Waals surface area contributed by atoms with Gasteiger partial charge in [-0.3, -0.25) is 14.4 Å². The molecule has 0 aliphatic heterocycles. The number of carbonyl (C=O) groups excluding carboxylic acids is 2. The van der Waals surface area contributed by atoms with Gasteiger partial charge in [-0.25, -0.2) is 0 Å². The monoisotopic (exact) mass is 386 g/mol. The number of nitrogens with one attached hydrogen (secondary N) is 2. The molecule has 1 saturated carbocycles. The number of carboxylic acids is 1. The maximum absolute atomic E-state index is 12.5. The fraction of sp³-hybridized carbons (Fsp3) is 0.500. The fourth-order valence-electron chi connectivity index (χ4n) is 3.11. The van der Waals surface area contributed by atoms with Crippen LogP contribution in [0.5, 0.6) is 0 Å². The van der Waals surface area contributed by atoms with Gasteiger partial charge >= 0.3 is 12.1 Å². The van der Waals surface area contributed by atoms with Gasteiger partial charge in [0.15, 0.2) is 0 Å². The van der Waals surface area contributed by atoms with E-state index < -0.39 is 41.5 Å². The summed E-state index contributed by atoms with van der Waals surface area (Å²) in [6.45, 7) is -0.386. The molecule has 148 valence electrons. The molecule has 2 atom stereocenters. The molecule has 2 rings (SSSR count). The third-order valence-electron chi connectivity index (χ3n) is 4.56. The minimum Gasteiger partial charge on any atom is -0.481 e. The summed E-state index contributed by atoms with van der Waals surface area (Å²) in [4.78, 5) is 35.4. The van der Waals surface area contributed by atoms with E-state index in [1.807, 2.05) is 0 Å². The molecule has 1 aliphatic carbocycles. The fourth-order valence-corrected chi connectivity index (χ4v) is 3.11. The summed E-state index contributed by atoms with van der Waals surface area (Å²) < 4.78 is 37.6. The van der Waals surface area contributed by atoms with Gasteiger partial charge in [-0.1, -0.05) is 19.3 Å². The summed E-state index contributed by atoms with van der Waals surface area (Å²) in [5, 5.41) is 14.3. The van der Waals surface area contributed by atoms with Gasteiger partial charge in [0, 0.05) is 11.6 Å². The van der Waals surface area contributed by atoms with Crippen LogP contribution in [-0.2, 0) is 15.8 Å². The second-order valence-electron chi connectivity index (χ2n) is 6.51. The molecule has 3 N–H and O–H groups in total. The summed E-state index contributed by atoms with van der Waals surface area (Å²) >= 11 is 0. The van der Waals surface area contributed by atoms with Crippen LogP contribution in [-0.4, -0.2) is 35.5 Å². The van der Waals surface area contributed by atoms with Crippen LogP contribution in [0.15, 0.2) is 24.3 Å². The smallest absolute Gasteiger partial charge is 0.416 e. The van der Waals surface area contributed by atoms with Crippen molar-refractivity contribution in [1.29, 1.82) is 0 Å². The van der Waals surface area contributed by atoms with E-state index in [-0.39, 0.29) is 12.1 Å². The van der Waals surface area contributed by atoms with E-state index >= 15 is 0 Å². The first-order chi connectivity index (χ1) is 12.7. The normalized spacial score (nSPS) is 20.4. The Morgan fingerprint density at radius 3 is 2.26 bits per heavy atom. The van der Waals surface area contributed by atoms with Crippen molar-refractivity contribution in [2.75, 3.05) is 6.54 Å². The molecule has 0 heterocycles. The second-order valence-corrected chi connectivity index (χ2v) is 6.51. The van der Waals surface area contributed by atoms with E-state index in [9.17, 15) is 32.7 Å². The van der Waals surface area contributed by atoms with Crippen molar-refractivity contribution in [3.8, 4) is 0 Å². The number of carboxylic acid groups (broad SMARTS) is 1. The van der Waals surface area contributed by atoms with Gasteiger partial charge in [0.1, 0.15) is 0 Å². The van der Waals surface area contributed by atoms with E-state index in [2.05, 4.69) is 10.6 Å². The van der Waals surface area contributed by atoms with Crippen LogP contribution in [0.3, 0.4) is 0 Å². The second kappa shape index (κ2) is 8.88. The van der Waals surface area contributed by atoms with Crippen LogP contribution in [0.2, 0.25) is 0 Å². The molecule has 6 nitrogen and oxygen atoms in total. The van der Waals surface area contributed by atoms with Crippen LogP contribution < -0.4 is 10.6 Å².